The highest BCUT2D eigenvalue weighted by atomic mass is 16.5. The third-order valence-electron chi connectivity index (χ3n) is 2.93. The van der Waals surface area contributed by atoms with Crippen molar-refractivity contribution in [3.8, 4) is 0 Å². The summed E-state index contributed by atoms with van der Waals surface area (Å²) in [6.45, 7) is 5.07. The van der Waals surface area contributed by atoms with Gasteiger partial charge in [-0.25, -0.2) is 4.79 Å². The van der Waals surface area contributed by atoms with Gasteiger partial charge in [-0.2, -0.15) is 4.98 Å². The number of piperidine rings is 1. The van der Waals surface area contributed by atoms with Crippen LogP contribution < -0.4 is 0 Å². The molecule has 1 unspecified atom stereocenters. The number of aromatic carboxylic acids is 1. The van der Waals surface area contributed by atoms with Crippen LogP contribution in [0.5, 0.6) is 0 Å². The predicted molar refractivity (Wildman–Crippen MR) is 55.3 cm³/mol. The summed E-state index contributed by atoms with van der Waals surface area (Å²) in [6, 6.07) is 0. The van der Waals surface area contributed by atoms with E-state index in [0.29, 0.717) is 5.89 Å². The number of rotatable bonds is 3. The van der Waals surface area contributed by atoms with Crippen molar-refractivity contribution in [2.24, 2.45) is 0 Å². The van der Waals surface area contributed by atoms with Crippen LogP contribution in [0.15, 0.2) is 4.52 Å². The predicted octanol–water partition coefficient (Wildman–Crippen LogP) is 0.967. The van der Waals surface area contributed by atoms with Crippen molar-refractivity contribution in [3.05, 3.63) is 11.7 Å². The van der Waals surface area contributed by atoms with Crippen LogP contribution in [0.3, 0.4) is 0 Å². The smallest absolute Gasteiger partial charge is 0.377 e. The Morgan fingerprint density at radius 2 is 2.50 bits per heavy atom. The standard InChI is InChI=1S/C10H15N3O3/c1-2-13-5-3-4-7(6-13)9-11-8(10(14)15)12-16-9/h7H,2-6H2,1H3,(H,14,15). The van der Waals surface area contributed by atoms with Gasteiger partial charge in [0.1, 0.15) is 0 Å². The average Bonchev–Trinajstić information content (AvgIpc) is 2.78. The molecule has 0 aliphatic carbocycles. The van der Waals surface area contributed by atoms with Crippen molar-refractivity contribution in [1.29, 1.82) is 0 Å². The molecule has 88 valence electrons. The molecule has 1 N–H and O–H groups in total. The minimum absolute atomic E-state index is 0.175. The molecule has 1 fully saturated rings. The SMILES string of the molecule is CCN1CCCC(c2nc(C(=O)O)no2)C1. The molecular formula is C10H15N3O3. The second-order valence-corrected chi connectivity index (χ2v) is 3.99. The van der Waals surface area contributed by atoms with Gasteiger partial charge < -0.3 is 14.5 Å². The lowest BCUT2D eigenvalue weighted by atomic mass is 9.98. The van der Waals surface area contributed by atoms with Crippen LogP contribution in [0.2, 0.25) is 0 Å². The van der Waals surface area contributed by atoms with E-state index < -0.39 is 5.97 Å². The maximum Gasteiger partial charge on any atom is 0.377 e. The molecule has 0 saturated carbocycles. The molecule has 0 bridgehead atoms. The molecule has 1 aromatic rings. The summed E-state index contributed by atoms with van der Waals surface area (Å²) < 4.78 is 4.99. The highest BCUT2D eigenvalue weighted by Crippen LogP contribution is 2.25. The lowest BCUT2D eigenvalue weighted by Crippen LogP contribution is -2.34. The third kappa shape index (κ3) is 2.21. The number of carboxylic acids is 1. The Bertz CT molecular complexity index is 377. The van der Waals surface area contributed by atoms with Crippen molar-refractivity contribution >= 4 is 5.97 Å². The van der Waals surface area contributed by atoms with Gasteiger partial charge in [-0.1, -0.05) is 6.92 Å². The molecule has 16 heavy (non-hydrogen) atoms. The van der Waals surface area contributed by atoms with Crippen LogP contribution in [0.25, 0.3) is 0 Å². The van der Waals surface area contributed by atoms with E-state index in [1.165, 1.54) is 0 Å². The molecule has 6 nitrogen and oxygen atoms in total. The number of carbonyl (C=O) groups is 1. The number of nitrogens with zero attached hydrogens (tertiary/aromatic N) is 3. The van der Waals surface area contributed by atoms with Crippen molar-refractivity contribution in [2.45, 2.75) is 25.7 Å². The second kappa shape index (κ2) is 4.61. The molecule has 1 aromatic heterocycles. The summed E-state index contributed by atoms with van der Waals surface area (Å²) in [5.74, 6) is -0.758. The van der Waals surface area contributed by atoms with Gasteiger partial charge in [0.15, 0.2) is 0 Å². The van der Waals surface area contributed by atoms with Crippen LogP contribution in [0.1, 0.15) is 42.2 Å². The van der Waals surface area contributed by atoms with Crippen LogP contribution in [-0.2, 0) is 0 Å². The van der Waals surface area contributed by atoms with Crippen molar-refractivity contribution in [3.63, 3.8) is 0 Å². The van der Waals surface area contributed by atoms with E-state index in [4.69, 9.17) is 9.63 Å². The monoisotopic (exact) mass is 225 g/mol. The van der Waals surface area contributed by atoms with Gasteiger partial charge in [-0.3, -0.25) is 0 Å². The van der Waals surface area contributed by atoms with Crippen LogP contribution >= 0.6 is 0 Å². The molecular weight excluding hydrogens is 210 g/mol. The first-order valence-corrected chi connectivity index (χ1v) is 5.50. The van der Waals surface area contributed by atoms with E-state index in [1.807, 2.05) is 0 Å². The quantitative estimate of drug-likeness (QED) is 0.825. The number of likely N-dealkylation sites (tertiary alicyclic amines) is 1. The molecule has 0 aromatic carbocycles. The Balaban J connectivity index is 2.08. The highest BCUT2D eigenvalue weighted by molar-refractivity contribution is 5.82. The first-order chi connectivity index (χ1) is 7.70. The van der Waals surface area contributed by atoms with E-state index >= 15 is 0 Å². The van der Waals surface area contributed by atoms with Crippen molar-refractivity contribution < 1.29 is 14.4 Å². The summed E-state index contributed by atoms with van der Waals surface area (Å²) in [5, 5.41) is 12.1. The zero-order valence-corrected chi connectivity index (χ0v) is 9.22. The molecule has 2 heterocycles. The van der Waals surface area contributed by atoms with Gasteiger partial charge in [0.2, 0.25) is 5.89 Å². The van der Waals surface area contributed by atoms with Gasteiger partial charge in [-0.05, 0) is 31.1 Å². The minimum atomic E-state index is -1.14. The number of aromatic nitrogens is 2. The molecule has 0 radical (unpaired) electrons. The van der Waals surface area contributed by atoms with Crippen molar-refractivity contribution in [1.82, 2.24) is 15.0 Å². The fraction of sp³-hybridized carbons (Fsp3) is 0.700. The fourth-order valence-corrected chi connectivity index (χ4v) is 2.03. The third-order valence-corrected chi connectivity index (χ3v) is 2.93. The minimum Gasteiger partial charge on any atom is -0.475 e. The summed E-state index contributed by atoms with van der Waals surface area (Å²) in [7, 11) is 0. The maximum atomic E-state index is 10.6. The summed E-state index contributed by atoms with van der Waals surface area (Å²) in [4.78, 5) is 16.8. The van der Waals surface area contributed by atoms with Gasteiger partial charge in [0.05, 0.1) is 5.92 Å². The molecule has 6 heteroatoms. The molecule has 1 aliphatic heterocycles. The molecule has 1 atom stereocenters. The van der Waals surface area contributed by atoms with Crippen LogP contribution in [0.4, 0.5) is 0 Å². The Labute approximate surface area is 93.2 Å². The van der Waals surface area contributed by atoms with E-state index in [0.717, 1.165) is 32.5 Å². The maximum absolute atomic E-state index is 10.6. The van der Waals surface area contributed by atoms with Gasteiger partial charge in [0, 0.05) is 6.54 Å². The lowest BCUT2D eigenvalue weighted by molar-refractivity contribution is 0.0680. The molecule has 0 spiro atoms. The Morgan fingerprint density at radius 1 is 1.69 bits per heavy atom. The number of hydrogen-bond acceptors (Lipinski definition) is 5. The Morgan fingerprint density at radius 3 is 3.12 bits per heavy atom. The molecule has 1 aliphatic rings. The lowest BCUT2D eigenvalue weighted by Gasteiger charge is -2.29. The first-order valence-electron chi connectivity index (χ1n) is 5.50. The van der Waals surface area contributed by atoms with E-state index in [1.54, 1.807) is 0 Å². The highest BCUT2D eigenvalue weighted by Gasteiger charge is 2.26. The zero-order chi connectivity index (χ0) is 11.5. The van der Waals surface area contributed by atoms with Gasteiger partial charge in [0.25, 0.3) is 5.82 Å². The van der Waals surface area contributed by atoms with Gasteiger partial charge in [-0.15, -0.1) is 0 Å². The number of hydrogen-bond donors (Lipinski definition) is 1. The normalized spacial score (nSPS) is 22.2. The first kappa shape index (κ1) is 11.1. The second-order valence-electron chi connectivity index (χ2n) is 3.99. The molecule has 1 saturated heterocycles. The summed E-state index contributed by atoms with van der Waals surface area (Å²) in [6.07, 6.45) is 2.07. The van der Waals surface area contributed by atoms with Crippen molar-refractivity contribution in [2.75, 3.05) is 19.6 Å². The topological polar surface area (TPSA) is 79.5 Å². The Hall–Kier alpha value is -1.43. The van der Waals surface area contributed by atoms with Crippen LogP contribution in [-0.4, -0.2) is 45.8 Å². The average molecular weight is 225 g/mol. The largest absolute Gasteiger partial charge is 0.475 e. The fourth-order valence-electron chi connectivity index (χ4n) is 2.03. The van der Waals surface area contributed by atoms with E-state index in [9.17, 15) is 4.79 Å². The Kier molecular flexibility index (Phi) is 3.19. The summed E-state index contributed by atoms with van der Waals surface area (Å²) >= 11 is 0. The van der Waals surface area contributed by atoms with E-state index in [-0.39, 0.29) is 11.7 Å². The molecule has 0 amide bonds. The van der Waals surface area contributed by atoms with Crippen LogP contribution in [0, 0.1) is 0 Å². The number of likely N-dealkylation sites (N-methyl/N-ethyl adjacent to an activating group) is 1. The van der Waals surface area contributed by atoms with Gasteiger partial charge >= 0.3 is 5.97 Å². The number of carboxylic acid groups (broad SMARTS) is 1. The zero-order valence-electron chi connectivity index (χ0n) is 9.22. The van der Waals surface area contributed by atoms with E-state index in [2.05, 4.69) is 22.0 Å². The summed E-state index contributed by atoms with van der Waals surface area (Å²) in [5.41, 5.74) is 0. The molecule has 2 rings (SSSR count).